The summed E-state index contributed by atoms with van der Waals surface area (Å²) in [6.07, 6.45) is 0. The smallest absolute Gasteiger partial charge is 0.135 e. The van der Waals surface area contributed by atoms with Crippen LogP contribution in [-0.4, -0.2) is 9.78 Å². The van der Waals surface area contributed by atoms with E-state index in [9.17, 15) is 0 Å². The standard InChI is InChI=1S/C9H9BrN2/c1-2-12-8-6-4-3-5-7(8)9(10)11-12/h3-6H,2H2,1H3. The zero-order valence-corrected chi connectivity index (χ0v) is 8.37. The Morgan fingerprint density at radius 3 is 2.92 bits per heavy atom. The third-order valence-corrected chi connectivity index (χ3v) is 2.50. The maximum absolute atomic E-state index is 4.34. The summed E-state index contributed by atoms with van der Waals surface area (Å²) in [6, 6.07) is 8.20. The minimum Gasteiger partial charge on any atom is -0.264 e. The van der Waals surface area contributed by atoms with Crippen molar-refractivity contribution in [2.24, 2.45) is 0 Å². The number of halogens is 1. The number of hydrogen-bond acceptors (Lipinski definition) is 1. The van der Waals surface area contributed by atoms with Gasteiger partial charge in [-0.2, -0.15) is 5.10 Å². The second-order valence-electron chi connectivity index (χ2n) is 2.62. The predicted molar refractivity (Wildman–Crippen MR) is 53.1 cm³/mol. The number of para-hydroxylation sites is 1. The third-order valence-electron chi connectivity index (χ3n) is 1.91. The van der Waals surface area contributed by atoms with Crippen molar-refractivity contribution >= 4 is 26.8 Å². The van der Waals surface area contributed by atoms with Crippen LogP contribution in [0.1, 0.15) is 6.92 Å². The van der Waals surface area contributed by atoms with E-state index in [0.29, 0.717) is 0 Å². The Morgan fingerprint density at radius 2 is 2.17 bits per heavy atom. The molecule has 0 bridgehead atoms. The van der Waals surface area contributed by atoms with Gasteiger partial charge in [-0.25, -0.2) is 0 Å². The van der Waals surface area contributed by atoms with Crippen molar-refractivity contribution in [3.63, 3.8) is 0 Å². The summed E-state index contributed by atoms with van der Waals surface area (Å²) in [7, 11) is 0. The Labute approximate surface area is 79.3 Å². The van der Waals surface area contributed by atoms with Gasteiger partial charge in [-0.1, -0.05) is 18.2 Å². The Kier molecular flexibility index (Phi) is 1.89. The lowest BCUT2D eigenvalue weighted by molar-refractivity contribution is 0.678. The van der Waals surface area contributed by atoms with Gasteiger partial charge in [0.2, 0.25) is 0 Å². The lowest BCUT2D eigenvalue weighted by atomic mass is 10.3. The fourth-order valence-electron chi connectivity index (χ4n) is 1.33. The van der Waals surface area contributed by atoms with E-state index in [2.05, 4.69) is 40.1 Å². The first-order valence-electron chi connectivity index (χ1n) is 3.94. The second kappa shape index (κ2) is 2.90. The van der Waals surface area contributed by atoms with Gasteiger partial charge >= 0.3 is 0 Å². The molecule has 0 aliphatic rings. The van der Waals surface area contributed by atoms with Gasteiger partial charge in [0.15, 0.2) is 0 Å². The molecule has 0 amide bonds. The molecule has 0 aliphatic carbocycles. The maximum Gasteiger partial charge on any atom is 0.135 e. The number of hydrogen-bond donors (Lipinski definition) is 0. The highest BCUT2D eigenvalue weighted by molar-refractivity contribution is 9.10. The third kappa shape index (κ3) is 1.05. The van der Waals surface area contributed by atoms with Crippen LogP contribution >= 0.6 is 15.9 Å². The van der Waals surface area contributed by atoms with Crippen molar-refractivity contribution in [2.75, 3.05) is 0 Å². The summed E-state index contributed by atoms with van der Waals surface area (Å²) >= 11 is 3.43. The van der Waals surface area contributed by atoms with Gasteiger partial charge in [0, 0.05) is 11.9 Å². The van der Waals surface area contributed by atoms with Crippen molar-refractivity contribution in [3.8, 4) is 0 Å². The number of rotatable bonds is 1. The van der Waals surface area contributed by atoms with Crippen LogP contribution in [0.2, 0.25) is 0 Å². The molecule has 2 nitrogen and oxygen atoms in total. The Hall–Kier alpha value is -0.830. The average Bonchev–Trinajstić information content (AvgIpc) is 2.44. The van der Waals surface area contributed by atoms with E-state index in [0.717, 1.165) is 11.1 Å². The molecule has 0 atom stereocenters. The molecule has 3 heteroatoms. The van der Waals surface area contributed by atoms with Crippen LogP contribution in [0.15, 0.2) is 28.9 Å². The Bertz CT molecular complexity index is 406. The summed E-state index contributed by atoms with van der Waals surface area (Å²) in [5.41, 5.74) is 1.19. The molecule has 2 aromatic rings. The van der Waals surface area contributed by atoms with E-state index < -0.39 is 0 Å². The highest BCUT2D eigenvalue weighted by atomic mass is 79.9. The van der Waals surface area contributed by atoms with Crippen molar-refractivity contribution < 1.29 is 0 Å². The van der Waals surface area contributed by atoms with Crippen molar-refractivity contribution in [1.29, 1.82) is 0 Å². The molecular weight excluding hydrogens is 216 g/mol. The Balaban J connectivity index is 2.82. The van der Waals surface area contributed by atoms with Gasteiger partial charge < -0.3 is 0 Å². The topological polar surface area (TPSA) is 17.8 Å². The lowest BCUT2D eigenvalue weighted by Crippen LogP contribution is -1.94. The molecule has 0 spiro atoms. The first-order valence-corrected chi connectivity index (χ1v) is 4.73. The quantitative estimate of drug-likeness (QED) is 0.729. The number of aryl methyl sites for hydroxylation is 1. The second-order valence-corrected chi connectivity index (χ2v) is 3.37. The summed E-state index contributed by atoms with van der Waals surface area (Å²) in [5.74, 6) is 0. The van der Waals surface area contributed by atoms with Gasteiger partial charge in [-0.05, 0) is 28.9 Å². The van der Waals surface area contributed by atoms with E-state index in [4.69, 9.17) is 0 Å². The minimum absolute atomic E-state index is 0.909. The Morgan fingerprint density at radius 1 is 1.42 bits per heavy atom. The van der Waals surface area contributed by atoms with Crippen molar-refractivity contribution in [2.45, 2.75) is 13.5 Å². The molecule has 0 saturated carbocycles. The fraction of sp³-hybridized carbons (Fsp3) is 0.222. The minimum atomic E-state index is 0.909. The van der Waals surface area contributed by atoms with E-state index in [1.807, 2.05) is 16.8 Å². The van der Waals surface area contributed by atoms with Gasteiger partial charge in [0.05, 0.1) is 5.52 Å². The fourth-order valence-corrected chi connectivity index (χ4v) is 1.85. The summed E-state index contributed by atoms with van der Waals surface area (Å²) < 4.78 is 2.92. The van der Waals surface area contributed by atoms with Crippen molar-refractivity contribution in [3.05, 3.63) is 28.9 Å². The molecule has 0 N–H and O–H groups in total. The molecule has 0 radical (unpaired) electrons. The van der Waals surface area contributed by atoms with Crippen LogP contribution < -0.4 is 0 Å². The van der Waals surface area contributed by atoms with E-state index in [-0.39, 0.29) is 0 Å². The van der Waals surface area contributed by atoms with Crippen LogP contribution in [0.5, 0.6) is 0 Å². The molecule has 0 unspecified atom stereocenters. The number of benzene rings is 1. The normalized spacial score (nSPS) is 10.8. The highest BCUT2D eigenvalue weighted by Gasteiger charge is 2.04. The molecule has 0 fully saturated rings. The summed E-state index contributed by atoms with van der Waals surface area (Å²) in [4.78, 5) is 0. The van der Waals surface area contributed by atoms with E-state index in [1.54, 1.807) is 0 Å². The average molecular weight is 225 g/mol. The van der Waals surface area contributed by atoms with Gasteiger partial charge in [0.1, 0.15) is 4.60 Å². The first kappa shape index (κ1) is 7.80. The first-order chi connectivity index (χ1) is 5.83. The lowest BCUT2D eigenvalue weighted by Gasteiger charge is -1.95. The van der Waals surface area contributed by atoms with E-state index >= 15 is 0 Å². The molecule has 0 aliphatic heterocycles. The zero-order valence-electron chi connectivity index (χ0n) is 6.79. The summed E-state index contributed by atoms with van der Waals surface area (Å²) in [6.45, 7) is 3.00. The molecule has 0 saturated heterocycles. The monoisotopic (exact) mass is 224 g/mol. The van der Waals surface area contributed by atoms with Gasteiger partial charge in [0.25, 0.3) is 0 Å². The largest absolute Gasteiger partial charge is 0.264 e. The predicted octanol–water partition coefficient (Wildman–Crippen LogP) is 2.82. The SMILES string of the molecule is CCn1nc(Br)c2ccccc21. The molecule has 12 heavy (non-hydrogen) atoms. The maximum atomic E-state index is 4.34. The molecule has 2 rings (SSSR count). The van der Waals surface area contributed by atoms with Crippen molar-refractivity contribution in [1.82, 2.24) is 9.78 Å². The van der Waals surface area contributed by atoms with Crippen LogP contribution in [-0.2, 0) is 6.54 Å². The number of fused-ring (bicyclic) bond motifs is 1. The molecule has 1 heterocycles. The van der Waals surface area contributed by atoms with Crippen LogP contribution in [0, 0.1) is 0 Å². The van der Waals surface area contributed by atoms with Gasteiger partial charge in [-0.15, -0.1) is 0 Å². The van der Waals surface area contributed by atoms with Crippen LogP contribution in [0.25, 0.3) is 10.9 Å². The zero-order chi connectivity index (χ0) is 8.55. The summed E-state index contributed by atoms with van der Waals surface area (Å²) in [5, 5.41) is 5.52. The van der Waals surface area contributed by atoms with Crippen LogP contribution in [0.3, 0.4) is 0 Å². The highest BCUT2D eigenvalue weighted by Crippen LogP contribution is 2.22. The molecule has 1 aromatic heterocycles. The molecule has 1 aromatic carbocycles. The molecule has 62 valence electrons. The van der Waals surface area contributed by atoms with Crippen LogP contribution in [0.4, 0.5) is 0 Å². The number of nitrogens with zero attached hydrogens (tertiary/aromatic N) is 2. The molecular formula is C9H9BrN2. The van der Waals surface area contributed by atoms with Gasteiger partial charge in [-0.3, -0.25) is 4.68 Å². The van der Waals surface area contributed by atoms with E-state index in [1.165, 1.54) is 10.9 Å². The number of aromatic nitrogens is 2.